The summed E-state index contributed by atoms with van der Waals surface area (Å²) in [5, 5.41) is 6.50. The molecule has 0 fully saturated rings. The minimum absolute atomic E-state index is 0. The summed E-state index contributed by atoms with van der Waals surface area (Å²) in [5.74, 6) is 1.77. The Kier molecular flexibility index (Phi) is 10.3. The molecule has 1 unspecified atom stereocenters. The summed E-state index contributed by atoms with van der Waals surface area (Å²) >= 11 is 0. The Labute approximate surface area is 200 Å². The van der Waals surface area contributed by atoms with Crippen LogP contribution in [0.2, 0.25) is 0 Å². The van der Waals surface area contributed by atoms with E-state index in [0.717, 1.165) is 18.9 Å². The number of nitrogens with zero attached hydrogens (tertiary/aromatic N) is 3. The molecular formula is C23H29FIN5O. The van der Waals surface area contributed by atoms with Crippen molar-refractivity contribution in [1.82, 2.24) is 20.2 Å². The van der Waals surface area contributed by atoms with Crippen molar-refractivity contribution in [3.63, 3.8) is 0 Å². The van der Waals surface area contributed by atoms with Crippen molar-refractivity contribution in [1.29, 1.82) is 0 Å². The van der Waals surface area contributed by atoms with Crippen molar-refractivity contribution in [2.45, 2.75) is 33.0 Å². The van der Waals surface area contributed by atoms with E-state index in [0.29, 0.717) is 24.8 Å². The Morgan fingerprint density at radius 1 is 1.16 bits per heavy atom. The van der Waals surface area contributed by atoms with Gasteiger partial charge in [0.05, 0.1) is 6.54 Å². The molecule has 166 valence electrons. The van der Waals surface area contributed by atoms with E-state index in [1.807, 2.05) is 38.2 Å². The van der Waals surface area contributed by atoms with Crippen molar-refractivity contribution in [3.05, 3.63) is 84.2 Å². The van der Waals surface area contributed by atoms with Crippen molar-refractivity contribution in [2.75, 3.05) is 13.1 Å². The van der Waals surface area contributed by atoms with Crippen LogP contribution in [0, 0.1) is 5.82 Å². The van der Waals surface area contributed by atoms with Crippen LogP contribution in [0.4, 0.5) is 4.39 Å². The smallest absolute Gasteiger partial charge is 0.191 e. The monoisotopic (exact) mass is 537 g/mol. The first-order valence-corrected chi connectivity index (χ1v) is 10.1. The number of imidazole rings is 1. The van der Waals surface area contributed by atoms with Gasteiger partial charge in [0.2, 0.25) is 0 Å². The second-order valence-electron chi connectivity index (χ2n) is 6.92. The normalized spacial score (nSPS) is 12.0. The second-order valence-corrected chi connectivity index (χ2v) is 6.92. The van der Waals surface area contributed by atoms with Crippen LogP contribution in [0.1, 0.15) is 25.2 Å². The number of aromatic nitrogens is 2. The molecule has 0 aliphatic carbocycles. The van der Waals surface area contributed by atoms with Gasteiger partial charge in [-0.25, -0.2) is 14.4 Å². The number of guanidine groups is 1. The summed E-state index contributed by atoms with van der Waals surface area (Å²) in [5.41, 5.74) is 1.22. The third-order valence-corrected chi connectivity index (χ3v) is 4.41. The number of halogens is 2. The molecule has 0 aliphatic heterocycles. The summed E-state index contributed by atoms with van der Waals surface area (Å²) < 4.78 is 21.2. The molecule has 6 nitrogen and oxygen atoms in total. The Morgan fingerprint density at radius 2 is 1.97 bits per heavy atom. The van der Waals surface area contributed by atoms with Gasteiger partial charge in [0.15, 0.2) is 5.96 Å². The van der Waals surface area contributed by atoms with Crippen LogP contribution in [0.15, 0.2) is 72.0 Å². The minimum atomic E-state index is -0.312. The lowest BCUT2D eigenvalue weighted by Gasteiger charge is -2.17. The molecule has 31 heavy (non-hydrogen) atoms. The van der Waals surface area contributed by atoms with E-state index in [9.17, 15) is 4.39 Å². The van der Waals surface area contributed by atoms with E-state index >= 15 is 0 Å². The quantitative estimate of drug-likeness (QED) is 0.244. The minimum Gasteiger partial charge on any atom is -0.489 e. The van der Waals surface area contributed by atoms with Crippen LogP contribution < -0.4 is 15.4 Å². The largest absolute Gasteiger partial charge is 0.489 e. The van der Waals surface area contributed by atoms with Gasteiger partial charge in [0.25, 0.3) is 0 Å². The van der Waals surface area contributed by atoms with Gasteiger partial charge in [0, 0.05) is 31.5 Å². The van der Waals surface area contributed by atoms with E-state index in [1.165, 1.54) is 17.7 Å². The average Bonchev–Trinajstić information content (AvgIpc) is 3.18. The predicted octanol–water partition coefficient (Wildman–Crippen LogP) is 4.21. The first kappa shape index (κ1) is 24.6. The molecule has 2 N–H and O–H groups in total. The topological polar surface area (TPSA) is 63.5 Å². The average molecular weight is 537 g/mol. The third-order valence-electron chi connectivity index (χ3n) is 4.41. The number of benzene rings is 2. The maximum atomic E-state index is 13.3. The van der Waals surface area contributed by atoms with Crippen molar-refractivity contribution in [2.24, 2.45) is 4.99 Å². The zero-order valence-electron chi connectivity index (χ0n) is 17.8. The van der Waals surface area contributed by atoms with Gasteiger partial charge < -0.3 is 19.9 Å². The molecule has 0 saturated heterocycles. The van der Waals surface area contributed by atoms with Crippen molar-refractivity contribution in [3.8, 4) is 5.75 Å². The number of nitrogens with one attached hydrogen (secondary N) is 2. The first-order chi connectivity index (χ1) is 14.6. The Balaban J connectivity index is 0.00000341. The Morgan fingerprint density at radius 3 is 2.71 bits per heavy atom. The Bertz CT molecular complexity index is 948. The zero-order valence-corrected chi connectivity index (χ0v) is 20.1. The number of ether oxygens (including phenoxy) is 1. The van der Waals surface area contributed by atoms with Crippen LogP contribution >= 0.6 is 24.0 Å². The highest BCUT2D eigenvalue weighted by Crippen LogP contribution is 2.13. The molecule has 1 heterocycles. The van der Waals surface area contributed by atoms with Gasteiger partial charge in [0.1, 0.15) is 30.0 Å². The molecule has 0 aliphatic rings. The first-order valence-electron chi connectivity index (χ1n) is 10.1. The lowest BCUT2D eigenvalue weighted by Crippen LogP contribution is -2.41. The van der Waals surface area contributed by atoms with E-state index < -0.39 is 0 Å². The number of hydrogen-bond acceptors (Lipinski definition) is 3. The van der Waals surface area contributed by atoms with Gasteiger partial charge in [-0.2, -0.15) is 0 Å². The summed E-state index contributed by atoms with van der Waals surface area (Å²) in [6.07, 6.45) is 3.60. The maximum absolute atomic E-state index is 13.3. The van der Waals surface area contributed by atoms with Crippen molar-refractivity contribution >= 4 is 29.9 Å². The molecule has 0 amide bonds. The van der Waals surface area contributed by atoms with Crippen LogP contribution in [-0.2, 0) is 13.1 Å². The molecule has 1 atom stereocenters. The molecule has 3 aromatic rings. The fraction of sp³-hybridized carbons (Fsp3) is 0.304. The molecule has 0 radical (unpaired) electrons. The molecule has 0 spiro atoms. The second kappa shape index (κ2) is 12.9. The number of aliphatic imine (C=N–C) groups is 1. The maximum Gasteiger partial charge on any atom is 0.191 e. The molecule has 2 aromatic carbocycles. The zero-order chi connectivity index (χ0) is 21.2. The SMILES string of the molecule is CCNC(=NCc1nccn1Cc1ccccc1)NCC(C)Oc1cccc(F)c1.I. The molecule has 8 heteroatoms. The molecule has 0 saturated carbocycles. The van der Waals surface area contributed by atoms with Crippen LogP contribution in [0.5, 0.6) is 5.75 Å². The molecule has 1 aromatic heterocycles. The summed E-state index contributed by atoms with van der Waals surface area (Å²) in [4.78, 5) is 9.09. The summed E-state index contributed by atoms with van der Waals surface area (Å²) in [7, 11) is 0. The standard InChI is InChI=1S/C23H28FN5O.HI/c1-3-25-23(27-15-18(2)30-21-11-7-10-20(24)14-21)28-16-22-26-12-13-29(22)17-19-8-5-4-6-9-19;/h4-14,18H,3,15-17H2,1-2H3,(H2,25,27,28);1H. The lowest BCUT2D eigenvalue weighted by atomic mass is 10.2. The van der Waals surface area contributed by atoms with Gasteiger partial charge in [-0.05, 0) is 31.5 Å². The fourth-order valence-electron chi connectivity index (χ4n) is 2.96. The highest BCUT2D eigenvalue weighted by Gasteiger charge is 2.08. The van der Waals surface area contributed by atoms with E-state index in [4.69, 9.17) is 4.74 Å². The van der Waals surface area contributed by atoms with Crippen LogP contribution in [0.3, 0.4) is 0 Å². The Hall–Kier alpha value is -2.62. The molecule has 3 rings (SSSR count). The van der Waals surface area contributed by atoms with Gasteiger partial charge in [-0.15, -0.1) is 24.0 Å². The summed E-state index contributed by atoms with van der Waals surface area (Å²) in [6.45, 7) is 6.42. The van der Waals surface area contributed by atoms with E-state index in [1.54, 1.807) is 18.3 Å². The lowest BCUT2D eigenvalue weighted by molar-refractivity contribution is 0.223. The number of hydrogen-bond donors (Lipinski definition) is 2. The van der Waals surface area contributed by atoms with Crippen LogP contribution in [-0.4, -0.2) is 34.7 Å². The van der Waals surface area contributed by atoms with Gasteiger partial charge in [-0.1, -0.05) is 36.4 Å². The third kappa shape index (κ3) is 8.20. The van der Waals surface area contributed by atoms with Crippen molar-refractivity contribution < 1.29 is 9.13 Å². The predicted molar refractivity (Wildman–Crippen MR) is 132 cm³/mol. The molecule has 0 bridgehead atoms. The van der Waals surface area contributed by atoms with Gasteiger partial charge in [-0.3, -0.25) is 0 Å². The van der Waals surface area contributed by atoms with E-state index in [2.05, 4.69) is 37.3 Å². The summed E-state index contributed by atoms with van der Waals surface area (Å²) in [6, 6.07) is 16.4. The van der Waals surface area contributed by atoms with Gasteiger partial charge >= 0.3 is 0 Å². The molecular weight excluding hydrogens is 508 g/mol. The highest BCUT2D eigenvalue weighted by atomic mass is 127. The van der Waals surface area contributed by atoms with E-state index in [-0.39, 0.29) is 35.9 Å². The number of rotatable bonds is 9. The van der Waals surface area contributed by atoms with Crippen LogP contribution in [0.25, 0.3) is 0 Å². The highest BCUT2D eigenvalue weighted by molar-refractivity contribution is 14.0. The fourth-order valence-corrected chi connectivity index (χ4v) is 2.96.